The van der Waals surface area contributed by atoms with Gasteiger partial charge in [-0.1, -0.05) is 13.8 Å². The normalized spacial score (nSPS) is 30.5. The Morgan fingerprint density at radius 2 is 2.00 bits per heavy atom. The summed E-state index contributed by atoms with van der Waals surface area (Å²) >= 11 is 0. The van der Waals surface area contributed by atoms with Crippen molar-refractivity contribution in [2.45, 2.75) is 32.7 Å². The van der Waals surface area contributed by atoms with E-state index in [2.05, 4.69) is 19.2 Å². The molecule has 2 heteroatoms. The Bertz CT molecular complexity index is 108. The van der Waals surface area contributed by atoms with Crippen molar-refractivity contribution < 1.29 is 5.11 Å². The number of hydrogen-bond acceptors (Lipinski definition) is 2. The number of aliphatic hydroxyl groups excluding tert-OH is 1. The predicted octanol–water partition coefficient (Wildman–Crippen LogP) is 1.00. The fraction of sp³-hybridized carbons (Fsp3) is 1.00. The molecule has 0 amide bonds. The third-order valence-electron chi connectivity index (χ3n) is 2.41. The summed E-state index contributed by atoms with van der Waals surface area (Å²) in [6.45, 7) is 5.86. The zero-order chi connectivity index (χ0) is 8.27. The van der Waals surface area contributed by atoms with Gasteiger partial charge in [-0.3, -0.25) is 0 Å². The molecule has 0 unspecified atom stereocenters. The molecule has 1 aliphatic carbocycles. The van der Waals surface area contributed by atoms with Crippen molar-refractivity contribution in [2.75, 3.05) is 13.2 Å². The quantitative estimate of drug-likeness (QED) is 0.638. The maximum absolute atomic E-state index is 8.76. The third kappa shape index (κ3) is 2.80. The van der Waals surface area contributed by atoms with Crippen LogP contribution in [0.2, 0.25) is 0 Å². The molecule has 0 aromatic rings. The van der Waals surface area contributed by atoms with Crippen molar-refractivity contribution in [2.24, 2.45) is 11.8 Å². The Morgan fingerprint density at radius 3 is 2.45 bits per heavy atom. The van der Waals surface area contributed by atoms with Gasteiger partial charge in [-0.05, 0) is 31.2 Å². The second-order valence-corrected chi connectivity index (χ2v) is 3.95. The summed E-state index contributed by atoms with van der Waals surface area (Å²) in [4.78, 5) is 0. The Morgan fingerprint density at radius 1 is 1.36 bits per heavy atom. The van der Waals surface area contributed by atoms with Gasteiger partial charge in [0, 0.05) is 12.6 Å². The molecular weight excluding hydrogens is 138 g/mol. The number of nitrogens with one attached hydrogen (secondary N) is 1. The highest BCUT2D eigenvalue weighted by Crippen LogP contribution is 2.32. The molecule has 11 heavy (non-hydrogen) atoms. The predicted molar refractivity (Wildman–Crippen MR) is 46.4 cm³/mol. The van der Waals surface area contributed by atoms with Crippen LogP contribution in [-0.2, 0) is 0 Å². The fourth-order valence-electron chi connectivity index (χ4n) is 1.59. The summed E-state index contributed by atoms with van der Waals surface area (Å²) in [6.07, 6.45) is 2.44. The average Bonchev–Trinajstić information content (AvgIpc) is 1.84. The first-order valence-corrected chi connectivity index (χ1v) is 4.56. The summed E-state index contributed by atoms with van der Waals surface area (Å²) in [6, 6.07) is 0.600. The lowest BCUT2D eigenvalue weighted by Gasteiger charge is -2.34. The van der Waals surface area contributed by atoms with Crippen molar-refractivity contribution in [3.63, 3.8) is 0 Å². The van der Waals surface area contributed by atoms with Crippen LogP contribution in [0.25, 0.3) is 0 Å². The van der Waals surface area contributed by atoms with Crippen LogP contribution in [0.1, 0.15) is 26.7 Å². The van der Waals surface area contributed by atoms with Gasteiger partial charge in [0.2, 0.25) is 0 Å². The average molecular weight is 157 g/mol. The van der Waals surface area contributed by atoms with Crippen LogP contribution in [0.15, 0.2) is 0 Å². The SMILES string of the molecule is CC(C)NCC1CC(CO)C1. The molecule has 0 heterocycles. The van der Waals surface area contributed by atoms with Gasteiger partial charge < -0.3 is 10.4 Å². The third-order valence-corrected chi connectivity index (χ3v) is 2.41. The molecule has 2 N–H and O–H groups in total. The molecule has 0 aromatic heterocycles. The van der Waals surface area contributed by atoms with Crippen LogP contribution in [0.4, 0.5) is 0 Å². The molecule has 1 fully saturated rings. The van der Waals surface area contributed by atoms with Crippen LogP contribution >= 0.6 is 0 Å². The highest BCUT2D eigenvalue weighted by atomic mass is 16.3. The van der Waals surface area contributed by atoms with E-state index >= 15 is 0 Å². The van der Waals surface area contributed by atoms with Gasteiger partial charge in [-0.25, -0.2) is 0 Å². The van der Waals surface area contributed by atoms with Gasteiger partial charge in [0.25, 0.3) is 0 Å². The van der Waals surface area contributed by atoms with E-state index in [-0.39, 0.29) is 0 Å². The summed E-state index contributed by atoms with van der Waals surface area (Å²) in [5, 5.41) is 12.2. The maximum Gasteiger partial charge on any atom is 0.0459 e. The number of rotatable bonds is 4. The smallest absolute Gasteiger partial charge is 0.0459 e. The summed E-state index contributed by atoms with van der Waals surface area (Å²) < 4.78 is 0. The minimum absolute atomic E-state index is 0.387. The van der Waals surface area contributed by atoms with Crippen molar-refractivity contribution in [1.82, 2.24) is 5.32 Å². The molecule has 1 aliphatic rings. The Kier molecular flexibility index (Phi) is 3.34. The molecule has 1 saturated carbocycles. The second kappa shape index (κ2) is 4.07. The van der Waals surface area contributed by atoms with Crippen LogP contribution in [0, 0.1) is 11.8 Å². The molecule has 0 aliphatic heterocycles. The maximum atomic E-state index is 8.76. The molecule has 1 rings (SSSR count). The molecule has 66 valence electrons. The molecule has 0 bridgehead atoms. The molecule has 0 saturated heterocycles. The molecule has 0 atom stereocenters. The van der Waals surface area contributed by atoms with Gasteiger partial charge in [0.15, 0.2) is 0 Å². The van der Waals surface area contributed by atoms with Crippen molar-refractivity contribution in [3.05, 3.63) is 0 Å². The Balaban J connectivity index is 1.96. The molecular formula is C9H19NO. The molecule has 0 spiro atoms. The Labute approximate surface area is 69.0 Å². The lowest BCUT2D eigenvalue weighted by Crippen LogP contribution is -2.37. The van der Waals surface area contributed by atoms with Crippen molar-refractivity contribution >= 4 is 0 Å². The highest BCUT2D eigenvalue weighted by Gasteiger charge is 2.27. The summed E-state index contributed by atoms with van der Waals surface area (Å²) in [7, 11) is 0. The van der Waals surface area contributed by atoms with Gasteiger partial charge in [0.1, 0.15) is 0 Å². The van der Waals surface area contributed by atoms with Crippen LogP contribution in [-0.4, -0.2) is 24.3 Å². The number of hydrogen-bond donors (Lipinski definition) is 2. The van der Waals surface area contributed by atoms with E-state index in [0.717, 1.165) is 12.5 Å². The van der Waals surface area contributed by atoms with Crippen molar-refractivity contribution in [1.29, 1.82) is 0 Å². The van der Waals surface area contributed by atoms with Crippen LogP contribution in [0.3, 0.4) is 0 Å². The van der Waals surface area contributed by atoms with Gasteiger partial charge in [-0.15, -0.1) is 0 Å². The zero-order valence-corrected chi connectivity index (χ0v) is 7.51. The van der Waals surface area contributed by atoms with Crippen LogP contribution < -0.4 is 5.32 Å². The standard InChI is InChI=1S/C9H19NO/c1-7(2)10-5-8-3-9(4-8)6-11/h7-11H,3-6H2,1-2H3. The molecule has 0 radical (unpaired) electrons. The van der Waals surface area contributed by atoms with Gasteiger partial charge >= 0.3 is 0 Å². The Hall–Kier alpha value is -0.0800. The van der Waals surface area contributed by atoms with Gasteiger partial charge in [-0.2, -0.15) is 0 Å². The first-order chi connectivity index (χ1) is 5.22. The lowest BCUT2D eigenvalue weighted by atomic mass is 9.75. The van der Waals surface area contributed by atoms with E-state index < -0.39 is 0 Å². The highest BCUT2D eigenvalue weighted by molar-refractivity contribution is 4.80. The van der Waals surface area contributed by atoms with E-state index in [1.165, 1.54) is 12.8 Å². The van der Waals surface area contributed by atoms with E-state index in [1.807, 2.05) is 0 Å². The monoisotopic (exact) mass is 157 g/mol. The fourth-order valence-corrected chi connectivity index (χ4v) is 1.59. The van der Waals surface area contributed by atoms with Crippen molar-refractivity contribution in [3.8, 4) is 0 Å². The molecule has 0 aromatic carbocycles. The topological polar surface area (TPSA) is 32.3 Å². The first-order valence-electron chi connectivity index (χ1n) is 4.56. The zero-order valence-electron chi connectivity index (χ0n) is 7.51. The number of aliphatic hydroxyl groups is 1. The summed E-state index contributed by atoms with van der Waals surface area (Å²) in [5.41, 5.74) is 0. The van der Waals surface area contributed by atoms with Gasteiger partial charge in [0.05, 0.1) is 0 Å². The first kappa shape index (κ1) is 9.01. The molecule has 2 nitrogen and oxygen atoms in total. The minimum atomic E-state index is 0.387. The minimum Gasteiger partial charge on any atom is -0.396 e. The summed E-state index contributed by atoms with van der Waals surface area (Å²) in [5.74, 6) is 1.43. The van der Waals surface area contributed by atoms with E-state index in [9.17, 15) is 0 Å². The lowest BCUT2D eigenvalue weighted by molar-refractivity contribution is 0.105. The van der Waals surface area contributed by atoms with E-state index in [1.54, 1.807) is 0 Å². The largest absolute Gasteiger partial charge is 0.396 e. The van der Waals surface area contributed by atoms with Crippen LogP contribution in [0.5, 0.6) is 0 Å². The van der Waals surface area contributed by atoms with E-state index in [4.69, 9.17) is 5.11 Å². The van der Waals surface area contributed by atoms with E-state index in [0.29, 0.717) is 18.6 Å². The second-order valence-electron chi connectivity index (χ2n) is 3.95.